The molecule has 0 aromatic heterocycles. The first kappa shape index (κ1) is 11.6. The molecule has 0 amide bonds. The van der Waals surface area contributed by atoms with Crippen molar-refractivity contribution in [3.05, 3.63) is 17.9 Å². The first-order chi connectivity index (χ1) is 7.19. The highest BCUT2D eigenvalue weighted by atomic mass is 19.1. The lowest BCUT2D eigenvalue weighted by atomic mass is 10.2. The van der Waals surface area contributed by atoms with Gasteiger partial charge in [-0.15, -0.1) is 0 Å². The Bertz CT molecular complexity index is 329. The molecule has 0 aliphatic carbocycles. The molecule has 1 rings (SSSR count). The number of halogens is 1. The third kappa shape index (κ3) is 3.01. The number of ether oxygens (including phenoxy) is 2. The Kier molecular flexibility index (Phi) is 4.21. The molecule has 0 heterocycles. The molecule has 84 valence electrons. The first-order valence-corrected chi connectivity index (χ1v) is 4.94. The maximum Gasteiger partial charge on any atom is 0.167 e. The molecule has 0 unspecified atom stereocenters. The van der Waals surface area contributed by atoms with E-state index in [4.69, 9.17) is 15.2 Å². The van der Waals surface area contributed by atoms with Crippen LogP contribution >= 0.6 is 0 Å². The molecular formula is C11H16FNO2. The quantitative estimate of drug-likeness (QED) is 0.604. The summed E-state index contributed by atoms with van der Waals surface area (Å²) in [6.45, 7) is 2.55. The zero-order chi connectivity index (χ0) is 11.3. The van der Waals surface area contributed by atoms with E-state index in [2.05, 4.69) is 0 Å². The Morgan fingerprint density at radius 2 is 2.07 bits per heavy atom. The van der Waals surface area contributed by atoms with Gasteiger partial charge in [0.15, 0.2) is 11.6 Å². The number of hydrogen-bond acceptors (Lipinski definition) is 3. The molecule has 15 heavy (non-hydrogen) atoms. The average Bonchev–Trinajstić information content (AvgIpc) is 2.21. The minimum absolute atomic E-state index is 0.189. The second-order valence-electron chi connectivity index (χ2n) is 3.23. The van der Waals surface area contributed by atoms with Crippen LogP contribution in [0.4, 0.5) is 10.1 Å². The Hall–Kier alpha value is -1.45. The standard InChI is InChI=1S/C11H16FNO2/c1-3-4-5-15-10-7-11(14-2)9(13)6-8(10)12/h6-7H,3-5,13H2,1-2H3. The van der Waals surface area contributed by atoms with Gasteiger partial charge in [-0.2, -0.15) is 0 Å². The summed E-state index contributed by atoms with van der Waals surface area (Å²) in [6, 6.07) is 2.68. The zero-order valence-corrected chi connectivity index (χ0v) is 9.05. The van der Waals surface area contributed by atoms with Gasteiger partial charge in [-0.3, -0.25) is 0 Å². The summed E-state index contributed by atoms with van der Waals surface area (Å²) in [5.74, 6) is 0.168. The lowest BCUT2D eigenvalue weighted by molar-refractivity contribution is 0.292. The third-order valence-corrected chi connectivity index (χ3v) is 2.04. The van der Waals surface area contributed by atoms with Gasteiger partial charge < -0.3 is 15.2 Å². The number of rotatable bonds is 5. The number of nitrogens with two attached hydrogens (primary N) is 1. The van der Waals surface area contributed by atoms with E-state index in [9.17, 15) is 4.39 Å². The average molecular weight is 213 g/mol. The number of methoxy groups -OCH3 is 1. The fourth-order valence-corrected chi connectivity index (χ4v) is 1.16. The highest BCUT2D eigenvalue weighted by molar-refractivity contribution is 5.56. The minimum Gasteiger partial charge on any atom is -0.494 e. The topological polar surface area (TPSA) is 44.5 Å². The normalized spacial score (nSPS) is 10.1. The van der Waals surface area contributed by atoms with E-state index < -0.39 is 5.82 Å². The summed E-state index contributed by atoms with van der Waals surface area (Å²) in [5.41, 5.74) is 5.81. The largest absolute Gasteiger partial charge is 0.494 e. The van der Waals surface area contributed by atoms with E-state index in [0.717, 1.165) is 12.8 Å². The molecule has 0 fully saturated rings. The predicted octanol–water partition coefficient (Wildman–Crippen LogP) is 2.60. The molecule has 1 aromatic carbocycles. The van der Waals surface area contributed by atoms with Gasteiger partial charge in [-0.1, -0.05) is 13.3 Å². The van der Waals surface area contributed by atoms with Gasteiger partial charge in [0, 0.05) is 12.1 Å². The van der Waals surface area contributed by atoms with Crippen molar-refractivity contribution in [2.45, 2.75) is 19.8 Å². The highest BCUT2D eigenvalue weighted by Gasteiger charge is 2.09. The van der Waals surface area contributed by atoms with Crippen LogP contribution in [0, 0.1) is 5.82 Å². The van der Waals surface area contributed by atoms with Crippen molar-refractivity contribution in [1.82, 2.24) is 0 Å². The molecule has 0 bridgehead atoms. The van der Waals surface area contributed by atoms with Crippen molar-refractivity contribution in [2.75, 3.05) is 19.5 Å². The van der Waals surface area contributed by atoms with E-state index >= 15 is 0 Å². The fraction of sp³-hybridized carbons (Fsp3) is 0.455. The molecule has 0 atom stereocenters. The maximum atomic E-state index is 13.3. The van der Waals surface area contributed by atoms with E-state index in [-0.39, 0.29) is 11.4 Å². The van der Waals surface area contributed by atoms with Crippen LogP contribution in [-0.4, -0.2) is 13.7 Å². The van der Waals surface area contributed by atoms with Crippen molar-refractivity contribution in [3.8, 4) is 11.5 Å². The van der Waals surface area contributed by atoms with E-state index in [0.29, 0.717) is 12.4 Å². The molecule has 0 saturated heterocycles. The van der Waals surface area contributed by atoms with E-state index in [1.54, 1.807) is 0 Å². The van der Waals surface area contributed by atoms with E-state index in [1.165, 1.54) is 19.2 Å². The molecule has 2 N–H and O–H groups in total. The summed E-state index contributed by atoms with van der Waals surface area (Å²) in [7, 11) is 1.49. The molecular weight excluding hydrogens is 197 g/mol. The van der Waals surface area contributed by atoms with Crippen LogP contribution in [-0.2, 0) is 0 Å². The SMILES string of the molecule is CCCCOc1cc(OC)c(N)cc1F. The predicted molar refractivity (Wildman–Crippen MR) is 57.8 cm³/mol. The van der Waals surface area contributed by atoms with Crippen LogP contribution in [0.5, 0.6) is 11.5 Å². The van der Waals surface area contributed by atoms with Crippen LogP contribution in [0.2, 0.25) is 0 Å². The van der Waals surface area contributed by atoms with Gasteiger partial charge in [0.05, 0.1) is 19.4 Å². The summed E-state index contributed by atoms with van der Waals surface area (Å²) < 4.78 is 23.6. The smallest absolute Gasteiger partial charge is 0.167 e. The minimum atomic E-state index is -0.454. The monoisotopic (exact) mass is 213 g/mol. The summed E-state index contributed by atoms with van der Waals surface area (Å²) in [4.78, 5) is 0. The van der Waals surface area contributed by atoms with Crippen LogP contribution in [0.3, 0.4) is 0 Å². The van der Waals surface area contributed by atoms with Crippen LogP contribution < -0.4 is 15.2 Å². The Balaban J connectivity index is 2.78. The summed E-state index contributed by atoms with van der Waals surface area (Å²) in [5, 5.41) is 0. The Morgan fingerprint density at radius 1 is 1.33 bits per heavy atom. The lowest BCUT2D eigenvalue weighted by Crippen LogP contribution is -2.01. The number of benzene rings is 1. The molecule has 0 radical (unpaired) electrons. The van der Waals surface area contributed by atoms with Crippen LogP contribution in [0.1, 0.15) is 19.8 Å². The number of anilines is 1. The molecule has 0 saturated carbocycles. The van der Waals surface area contributed by atoms with Crippen LogP contribution in [0.25, 0.3) is 0 Å². The second kappa shape index (κ2) is 5.44. The van der Waals surface area contributed by atoms with Gasteiger partial charge >= 0.3 is 0 Å². The first-order valence-electron chi connectivity index (χ1n) is 4.94. The Labute approximate surface area is 89.0 Å². The zero-order valence-electron chi connectivity index (χ0n) is 9.05. The van der Waals surface area contributed by atoms with Crippen molar-refractivity contribution in [3.63, 3.8) is 0 Å². The fourth-order valence-electron chi connectivity index (χ4n) is 1.16. The van der Waals surface area contributed by atoms with Gasteiger partial charge in [-0.25, -0.2) is 4.39 Å². The molecule has 0 aliphatic rings. The lowest BCUT2D eigenvalue weighted by Gasteiger charge is -2.10. The molecule has 4 heteroatoms. The van der Waals surface area contributed by atoms with E-state index in [1.807, 2.05) is 6.92 Å². The maximum absolute atomic E-state index is 13.3. The third-order valence-electron chi connectivity index (χ3n) is 2.04. The van der Waals surface area contributed by atoms with Gasteiger partial charge in [-0.05, 0) is 6.42 Å². The number of nitrogen functional groups attached to an aromatic ring is 1. The van der Waals surface area contributed by atoms with Crippen LogP contribution in [0.15, 0.2) is 12.1 Å². The molecule has 0 spiro atoms. The Morgan fingerprint density at radius 3 is 2.67 bits per heavy atom. The summed E-state index contributed by atoms with van der Waals surface area (Å²) >= 11 is 0. The molecule has 1 aromatic rings. The molecule has 0 aliphatic heterocycles. The number of hydrogen-bond donors (Lipinski definition) is 1. The van der Waals surface area contributed by atoms with Gasteiger partial charge in [0.2, 0.25) is 0 Å². The highest BCUT2D eigenvalue weighted by Crippen LogP contribution is 2.29. The van der Waals surface area contributed by atoms with Gasteiger partial charge in [0.25, 0.3) is 0 Å². The summed E-state index contributed by atoms with van der Waals surface area (Å²) in [6.07, 6.45) is 1.90. The van der Waals surface area contributed by atoms with Crippen molar-refractivity contribution in [1.29, 1.82) is 0 Å². The second-order valence-corrected chi connectivity index (χ2v) is 3.23. The van der Waals surface area contributed by atoms with Gasteiger partial charge in [0.1, 0.15) is 5.75 Å². The van der Waals surface area contributed by atoms with Crippen molar-refractivity contribution >= 4 is 5.69 Å². The van der Waals surface area contributed by atoms with Crippen molar-refractivity contribution < 1.29 is 13.9 Å². The van der Waals surface area contributed by atoms with Crippen molar-refractivity contribution in [2.24, 2.45) is 0 Å². The molecule has 3 nitrogen and oxygen atoms in total. The number of unbranched alkanes of at least 4 members (excludes halogenated alkanes) is 1.